The Morgan fingerprint density at radius 1 is 1.30 bits per heavy atom. The molecule has 5 heteroatoms. The van der Waals surface area contributed by atoms with Crippen LogP contribution in [0.2, 0.25) is 0 Å². The fourth-order valence-corrected chi connectivity index (χ4v) is 3.47. The average molecular weight is 344 g/mol. The maximum absolute atomic E-state index is 13.2. The van der Waals surface area contributed by atoms with E-state index >= 15 is 0 Å². The van der Waals surface area contributed by atoms with Crippen molar-refractivity contribution in [2.24, 2.45) is 5.73 Å². The van der Waals surface area contributed by atoms with Crippen molar-refractivity contribution in [2.75, 3.05) is 39.3 Å². The van der Waals surface area contributed by atoms with Crippen LogP contribution in [0.3, 0.4) is 0 Å². The minimum absolute atomic E-state index is 0.161. The molecular weight excluding hydrogens is 321 g/mol. The monoisotopic (exact) mass is 343 g/mol. The van der Waals surface area contributed by atoms with Gasteiger partial charge in [-0.1, -0.05) is 28.9 Å². The normalized spacial score (nSPS) is 19.2. The molecule has 3 nitrogen and oxygen atoms in total. The second-order valence-corrected chi connectivity index (χ2v) is 6.15. The first-order chi connectivity index (χ1) is 9.65. The topological polar surface area (TPSA) is 32.5 Å². The van der Waals surface area contributed by atoms with E-state index in [-0.39, 0.29) is 11.9 Å². The Morgan fingerprint density at radius 2 is 2.00 bits per heavy atom. The van der Waals surface area contributed by atoms with E-state index in [1.807, 2.05) is 6.07 Å². The molecule has 1 aliphatic heterocycles. The number of rotatable bonds is 5. The fourth-order valence-electron chi connectivity index (χ4n) is 2.86. The van der Waals surface area contributed by atoms with Crippen LogP contribution in [0.1, 0.15) is 24.9 Å². The Labute approximate surface area is 129 Å². The number of piperazine rings is 1. The maximum atomic E-state index is 13.2. The first-order valence-electron chi connectivity index (χ1n) is 7.27. The highest BCUT2D eigenvalue weighted by molar-refractivity contribution is 9.10. The molecule has 1 aromatic rings. The van der Waals surface area contributed by atoms with Crippen molar-refractivity contribution in [1.29, 1.82) is 0 Å². The van der Waals surface area contributed by atoms with Crippen LogP contribution in [0, 0.1) is 5.82 Å². The van der Waals surface area contributed by atoms with Gasteiger partial charge in [-0.2, -0.15) is 0 Å². The Hall–Kier alpha value is -0.490. The zero-order valence-corrected chi connectivity index (χ0v) is 13.6. The Morgan fingerprint density at radius 3 is 2.55 bits per heavy atom. The van der Waals surface area contributed by atoms with Gasteiger partial charge < -0.3 is 10.6 Å². The molecule has 2 N–H and O–H groups in total. The molecule has 20 heavy (non-hydrogen) atoms. The van der Waals surface area contributed by atoms with E-state index in [4.69, 9.17) is 5.73 Å². The zero-order chi connectivity index (χ0) is 14.5. The molecule has 0 radical (unpaired) electrons. The van der Waals surface area contributed by atoms with Crippen molar-refractivity contribution < 1.29 is 4.39 Å². The zero-order valence-electron chi connectivity index (χ0n) is 12.0. The summed E-state index contributed by atoms with van der Waals surface area (Å²) in [6.45, 7) is 8.15. The highest BCUT2D eigenvalue weighted by atomic mass is 79.9. The molecule has 1 atom stereocenters. The minimum Gasteiger partial charge on any atom is -0.329 e. The molecule has 1 fully saturated rings. The van der Waals surface area contributed by atoms with Crippen LogP contribution in [-0.4, -0.2) is 49.1 Å². The van der Waals surface area contributed by atoms with E-state index in [2.05, 4.69) is 32.7 Å². The molecule has 1 aromatic carbocycles. The summed E-state index contributed by atoms with van der Waals surface area (Å²) in [6.07, 6.45) is 1.20. The summed E-state index contributed by atoms with van der Waals surface area (Å²) in [7, 11) is 0. The number of hydrogen-bond donors (Lipinski definition) is 1. The number of hydrogen-bond acceptors (Lipinski definition) is 3. The summed E-state index contributed by atoms with van der Waals surface area (Å²) in [5.41, 5.74) is 7.05. The summed E-state index contributed by atoms with van der Waals surface area (Å²) in [6, 6.07) is 5.03. The van der Waals surface area contributed by atoms with Crippen molar-refractivity contribution in [1.82, 2.24) is 9.80 Å². The van der Waals surface area contributed by atoms with Crippen LogP contribution in [0.15, 0.2) is 22.7 Å². The third-order valence-corrected chi connectivity index (χ3v) is 4.62. The third kappa shape index (κ3) is 3.79. The fraction of sp³-hybridized carbons (Fsp3) is 0.600. The van der Waals surface area contributed by atoms with E-state index in [0.717, 1.165) is 36.2 Å². The lowest BCUT2D eigenvalue weighted by Gasteiger charge is -2.39. The molecule has 1 saturated heterocycles. The quantitative estimate of drug-likeness (QED) is 0.891. The van der Waals surface area contributed by atoms with Crippen LogP contribution >= 0.6 is 15.9 Å². The van der Waals surface area contributed by atoms with Crippen LogP contribution < -0.4 is 5.73 Å². The van der Waals surface area contributed by atoms with Crippen LogP contribution in [0.25, 0.3) is 0 Å². The lowest BCUT2D eigenvalue weighted by molar-refractivity contribution is 0.0983. The summed E-state index contributed by atoms with van der Waals surface area (Å²) in [5.74, 6) is -0.218. The lowest BCUT2D eigenvalue weighted by Crippen LogP contribution is -2.49. The lowest BCUT2D eigenvalue weighted by atomic mass is 10.0. The van der Waals surface area contributed by atoms with Gasteiger partial charge in [0.2, 0.25) is 0 Å². The van der Waals surface area contributed by atoms with Crippen molar-refractivity contribution in [3.8, 4) is 0 Å². The highest BCUT2D eigenvalue weighted by Crippen LogP contribution is 2.28. The molecule has 1 unspecified atom stereocenters. The van der Waals surface area contributed by atoms with Gasteiger partial charge in [-0.25, -0.2) is 4.39 Å². The summed E-state index contributed by atoms with van der Waals surface area (Å²) in [5, 5.41) is 0. The third-order valence-electron chi connectivity index (χ3n) is 3.93. The van der Waals surface area contributed by atoms with Crippen LogP contribution in [-0.2, 0) is 0 Å². The maximum Gasteiger partial charge on any atom is 0.124 e. The second kappa shape index (κ2) is 7.50. The smallest absolute Gasteiger partial charge is 0.124 e. The Kier molecular flexibility index (Phi) is 5.96. The summed E-state index contributed by atoms with van der Waals surface area (Å²) in [4.78, 5) is 4.90. The predicted octanol–water partition coefficient (Wildman–Crippen LogP) is 2.62. The molecule has 0 bridgehead atoms. The second-order valence-electron chi connectivity index (χ2n) is 5.29. The van der Waals surface area contributed by atoms with E-state index in [1.54, 1.807) is 0 Å². The van der Waals surface area contributed by atoms with Gasteiger partial charge in [-0.3, -0.25) is 4.90 Å². The van der Waals surface area contributed by atoms with Gasteiger partial charge in [0.05, 0.1) is 0 Å². The Balaban J connectivity index is 2.05. The van der Waals surface area contributed by atoms with Crippen molar-refractivity contribution in [3.05, 3.63) is 34.1 Å². The molecule has 1 heterocycles. The minimum atomic E-state index is -0.218. The molecular formula is C15H23BrFN3. The highest BCUT2D eigenvalue weighted by Gasteiger charge is 2.25. The molecule has 0 saturated carbocycles. The molecule has 0 amide bonds. The first kappa shape index (κ1) is 15.9. The SMILES string of the molecule is CCCN1CCN(C(CN)c2ccc(F)cc2Br)CC1. The van der Waals surface area contributed by atoms with Gasteiger partial charge in [-0.15, -0.1) is 0 Å². The molecule has 112 valence electrons. The predicted molar refractivity (Wildman–Crippen MR) is 84.2 cm³/mol. The Bertz CT molecular complexity index is 433. The number of nitrogens with zero attached hydrogens (tertiary/aromatic N) is 2. The van der Waals surface area contributed by atoms with E-state index < -0.39 is 0 Å². The van der Waals surface area contributed by atoms with Gasteiger partial charge in [0.1, 0.15) is 5.82 Å². The van der Waals surface area contributed by atoms with E-state index in [0.29, 0.717) is 6.54 Å². The van der Waals surface area contributed by atoms with E-state index in [9.17, 15) is 4.39 Å². The standard InChI is InChI=1S/C15H23BrFN3/c1-2-5-19-6-8-20(9-7-19)15(11-18)13-4-3-12(17)10-14(13)16/h3-4,10,15H,2,5-9,11,18H2,1H3. The summed E-state index contributed by atoms with van der Waals surface area (Å²) < 4.78 is 14.0. The largest absolute Gasteiger partial charge is 0.329 e. The first-order valence-corrected chi connectivity index (χ1v) is 8.06. The van der Waals surface area contributed by atoms with Crippen molar-refractivity contribution in [3.63, 3.8) is 0 Å². The average Bonchev–Trinajstić information content (AvgIpc) is 2.44. The number of halogens is 2. The van der Waals surface area contributed by atoms with Gasteiger partial charge in [0, 0.05) is 43.2 Å². The van der Waals surface area contributed by atoms with Gasteiger partial charge in [0.15, 0.2) is 0 Å². The van der Waals surface area contributed by atoms with Crippen molar-refractivity contribution >= 4 is 15.9 Å². The summed E-state index contributed by atoms with van der Waals surface area (Å²) >= 11 is 3.46. The molecule has 0 aliphatic carbocycles. The molecule has 0 aromatic heterocycles. The van der Waals surface area contributed by atoms with E-state index in [1.165, 1.54) is 25.1 Å². The van der Waals surface area contributed by atoms with Gasteiger partial charge >= 0.3 is 0 Å². The van der Waals surface area contributed by atoms with Crippen LogP contribution in [0.4, 0.5) is 4.39 Å². The van der Waals surface area contributed by atoms with Gasteiger partial charge in [0.25, 0.3) is 0 Å². The molecule has 0 spiro atoms. The molecule has 1 aliphatic rings. The number of nitrogens with two attached hydrogens (primary N) is 1. The van der Waals surface area contributed by atoms with Crippen LogP contribution in [0.5, 0.6) is 0 Å². The van der Waals surface area contributed by atoms with Gasteiger partial charge in [-0.05, 0) is 30.7 Å². The molecule has 2 rings (SSSR count). The van der Waals surface area contributed by atoms with Crippen molar-refractivity contribution in [2.45, 2.75) is 19.4 Å². The number of benzene rings is 1.